The molecule has 1 aliphatic rings. The predicted octanol–water partition coefficient (Wildman–Crippen LogP) is 2.24. The first-order chi connectivity index (χ1) is 10.0. The number of nitrogens with zero attached hydrogens (tertiary/aromatic N) is 4. The topological polar surface area (TPSA) is 71.2 Å². The van der Waals surface area contributed by atoms with Gasteiger partial charge in [-0.1, -0.05) is 32.5 Å². The van der Waals surface area contributed by atoms with Crippen molar-refractivity contribution in [3.05, 3.63) is 5.82 Å². The van der Waals surface area contributed by atoms with E-state index in [1.165, 1.54) is 11.8 Å². The number of piperidine rings is 1. The fraction of sp³-hybridized carbons (Fsp3) is 0.786. The third kappa shape index (κ3) is 3.97. The van der Waals surface area contributed by atoms with Crippen molar-refractivity contribution in [2.45, 2.75) is 50.7 Å². The Morgan fingerprint density at radius 1 is 1.48 bits per heavy atom. The minimum Gasteiger partial charge on any atom is -0.481 e. The van der Waals surface area contributed by atoms with Crippen LogP contribution in [-0.4, -0.2) is 56.1 Å². The summed E-state index contributed by atoms with van der Waals surface area (Å²) in [4.78, 5) is 13.2. The predicted molar refractivity (Wildman–Crippen MR) is 82.9 cm³/mol. The second-order valence-corrected chi connectivity index (χ2v) is 6.68. The van der Waals surface area contributed by atoms with E-state index in [-0.39, 0.29) is 11.7 Å². The molecular formula is C14H24N4O2S. The molecule has 2 heterocycles. The van der Waals surface area contributed by atoms with Crippen molar-refractivity contribution in [1.29, 1.82) is 0 Å². The van der Waals surface area contributed by atoms with E-state index in [0.717, 1.165) is 43.5 Å². The summed E-state index contributed by atoms with van der Waals surface area (Å²) in [6.07, 6.45) is 2.27. The summed E-state index contributed by atoms with van der Waals surface area (Å²) in [5, 5.41) is 18.2. The third-order valence-corrected chi connectivity index (χ3v) is 4.75. The fourth-order valence-corrected chi connectivity index (χ4v) is 3.51. The number of hydrogen-bond acceptors (Lipinski definition) is 5. The molecule has 2 rings (SSSR count). The lowest BCUT2D eigenvalue weighted by Gasteiger charge is -2.34. The smallest absolute Gasteiger partial charge is 0.313 e. The summed E-state index contributed by atoms with van der Waals surface area (Å²) in [5.41, 5.74) is 0. The van der Waals surface area contributed by atoms with E-state index in [2.05, 4.69) is 40.4 Å². The first-order valence-corrected chi connectivity index (χ1v) is 8.53. The molecule has 0 spiro atoms. The van der Waals surface area contributed by atoms with Crippen molar-refractivity contribution >= 4 is 17.7 Å². The molecule has 21 heavy (non-hydrogen) atoms. The zero-order chi connectivity index (χ0) is 15.4. The molecule has 0 aliphatic carbocycles. The monoisotopic (exact) mass is 312 g/mol. The van der Waals surface area contributed by atoms with E-state index >= 15 is 0 Å². The van der Waals surface area contributed by atoms with Crippen LogP contribution < -0.4 is 0 Å². The van der Waals surface area contributed by atoms with Gasteiger partial charge in [0.15, 0.2) is 5.16 Å². The highest BCUT2D eigenvalue weighted by Crippen LogP contribution is 2.30. The lowest BCUT2D eigenvalue weighted by atomic mass is 10.0. The van der Waals surface area contributed by atoms with Gasteiger partial charge < -0.3 is 14.6 Å². The number of carboxylic acid groups (broad SMARTS) is 1. The molecule has 0 bridgehead atoms. The van der Waals surface area contributed by atoms with Gasteiger partial charge in [0.2, 0.25) is 0 Å². The van der Waals surface area contributed by atoms with E-state index in [9.17, 15) is 4.79 Å². The number of aromatic nitrogens is 3. The highest BCUT2D eigenvalue weighted by atomic mass is 32.2. The molecule has 0 aromatic carbocycles. The second-order valence-electron chi connectivity index (χ2n) is 5.74. The Kier molecular flexibility index (Phi) is 5.64. The molecule has 6 nitrogen and oxygen atoms in total. The Balaban J connectivity index is 2.25. The van der Waals surface area contributed by atoms with Crippen LogP contribution in [-0.2, 0) is 4.79 Å². The Hall–Kier alpha value is -1.08. The summed E-state index contributed by atoms with van der Waals surface area (Å²) in [5.74, 6) is 0.458. The van der Waals surface area contributed by atoms with Crippen molar-refractivity contribution in [2.24, 2.45) is 0 Å². The van der Waals surface area contributed by atoms with Crippen molar-refractivity contribution < 1.29 is 9.90 Å². The zero-order valence-corrected chi connectivity index (χ0v) is 13.8. The molecule has 1 fully saturated rings. The summed E-state index contributed by atoms with van der Waals surface area (Å²) >= 11 is 1.27. The summed E-state index contributed by atoms with van der Waals surface area (Å²) in [6, 6.07) is 0.349. The number of rotatable bonds is 6. The first kappa shape index (κ1) is 16.3. The van der Waals surface area contributed by atoms with Gasteiger partial charge in [0.25, 0.3) is 0 Å². The second kappa shape index (κ2) is 7.26. The maximum absolute atomic E-state index is 10.8. The average Bonchev–Trinajstić information content (AvgIpc) is 2.89. The quantitative estimate of drug-likeness (QED) is 0.812. The Labute approximate surface area is 129 Å². The summed E-state index contributed by atoms with van der Waals surface area (Å²) in [7, 11) is 0. The van der Waals surface area contributed by atoms with Crippen LogP contribution in [0.5, 0.6) is 0 Å². The first-order valence-electron chi connectivity index (χ1n) is 7.54. The van der Waals surface area contributed by atoms with E-state index in [4.69, 9.17) is 5.11 Å². The van der Waals surface area contributed by atoms with Gasteiger partial charge in [0.05, 0.1) is 11.8 Å². The number of carbonyl (C=O) groups is 1. The molecule has 1 aromatic heterocycles. The minimum absolute atomic E-state index is 0.0282. The molecule has 0 radical (unpaired) electrons. The van der Waals surface area contributed by atoms with Gasteiger partial charge in [0, 0.05) is 12.5 Å². The molecule has 0 saturated carbocycles. The van der Waals surface area contributed by atoms with Crippen molar-refractivity contribution in [1.82, 2.24) is 19.7 Å². The molecule has 1 aromatic rings. The fourth-order valence-electron chi connectivity index (χ4n) is 2.78. The molecule has 1 N–H and O–H groups in total. The molecule has 118 valence electrons. The van der Waals surface area contributed by atoms with Gasteiger partial charge in [-0.2, -0.15) is 0 Å². The molecule has 1 aliphatic heterocycles. The van der Waals surface area contributed by atoms with E-state index in [1.54, 1.807) is 0 Å². The van der Waals surface area contributed by atoms with Crippen LogP contribution in [0.2, 0.25) is 0 Å². The van der Waals surface area contributed by atoms with E-state index < -0.39 is 5.97 Å². The van der Waals surface area contributed by atoms with Gasteiger partial charge in [0.1, 0.15) is 5.82 Å². The largest absolute Gasteiger partial charge is 0.481 e. The minimum atomic E-state index is -0.820. The van der Waals surface area contributed by atoms with Gasteiger partial charge in [-0.25, -0.2) is 0 Å². The number of thioether (sulfide) groups is 1. The van der Waals surface area contributed by atoms with Crippen LogP contribution in [0.3, 0.4) is 0 Å². The van der Waals surface area contributed by atoms with Gasteiger partial charge in [-0.15, -0.1) is 10.2 Å². The van der Waals surface area contributed by atoms with Gasteiger partial charge in [-0.05, 0) is 25.9 Å². The highest BCUT2D eigenvalue weighted by molar-refractivity contribution is 7.99. The maximum Gasteiger partial charge on any atom is 0.313 e. The van der Waals surface area contributed by atoms with Crippen molar-refractivity contribution in [3.8, 4) is 0 Å². The van der Waals surface area contributed by atoms with E-state index in [1.807, 2.05) is 0 Å². The lowest BCUT2D eigenvalue weighted by Crippen LogP contribution is -2.37. The summed E-state index contributed by atoms with van der Waals surface area (Å²) < 4.78 is 2.18. The maximum atomic E-state index is 10.8. The molecule has 1 unspecified atom stereocenters. The lowest BCUT2D eigenvalue weighted by molar-refractivity contribution is -0.133. The molecule has 0 amide bonds. The summed E-state index contributed by atoms with van der Waals surface area (Å²) in [6.45, 7) is 9.57. The van der Waals surface area contributed by atoms with Crippen LogP contribution in [0.25, 0.3) is 0 Å². The number of carboxylic acids is 1. The van der Waals surface area contributed by atoms with Crippen molar-refractivity contribution in [3.63, 3.8) is 0 Å². The molecule has 1 atom stereocenters. The normalized spacial score (nSPS) is 20.1. The Morgan fingerprint density at radius 3 is 2.86 bits per heavy atom. The highest BCUT2D eigenvalue weighted by Gasteiger charge is 2.27. The van der Waals surface area contributed by atoms with Crippen LogP contribution in [0.15, 0.2) is 5.16 Å². The standard InChI is InChI=1S/C14H24N4O2S/c1-4-17-7-5-6-11(8-17)18-13(10(2)3)15-16-14(18)21-9-12(19)20/h10-11H,4-9H2,1-3H3,(H,19,20). The third-order valence-electron chi connectivity index (χ3n) is 3.83. The SMILES string of the molecule is CCN1CCCC(n2c(SCC(=O)O)nnc2C(C)C)C1. The van der Waals surface area contributed by atoms with E-state index in [0.29, 0.717) is 6.04 Å². The van der Waals surface area contributed by atoms with Crippen molar-refractivity contribution in [2.75, 3.05) is 25.4 Å². The Morgan fingerprint density at radius 2 is 2.24 bits per heavy atom. The molecule has 1 saturated heterocycles. The van der Waals surface area contributed by atoms with Gasteiger partial charge >= 0.3 is 5.97 Å². The number of likely N-dealkylation sites (tertiary alicyclic amines) is 1. The number of likely N-dealkylation sites (N-methyl/N-ethyl adjacent to an activating group) is 1. The van der Waals surface area contributed by atoms with Crippen LogP contribution in [0.4, 0.5) is 0 Å². The average molecular weight is 312 g/mol. The van der Waals surface area contributed by atoms with Crippen LogP contribution >= 0.6 is 11.8 Å². The van der Waals surface area contributed by atoms with Crippen LogP contribution in [0, 0.1) is 0 Å². The zero-order valence-electron chi connectivity index (χ0n) is 12.9. The Bertz CT molecular complexity index is 489. The molecular weight excluding hydrogens is 288 g/mol. The molecule has 7 heteroatoms. The number of aliphatic carboxylic acids is 1. The van der Waals surface area contributed by atoms with Crippen LogP contribution in [0.1, 0.15) is 51.4 Å². The number of hydrogen-bond donors (Lipinski definition) is 1. The van der Waals surface area contributed by atoms with Gasteiger partial charge in [-0.3, -0.25) is 4.79 Å².